The Morgan fingerprint density at radius 1 is 0.458 bits per heavy atom. The zero-order chi connectivity index (χ0) is 42.3. The molecule has 0 bridgehead atoms. The Labute approximate surface area is 346 Å². The van der Waals surface area contributed by atoms with E-state index >= 15 is 0 Å². The molecule has 3 nitrogen and oxygen atoms in total. The number of para-hydroxylation sites is 2. The summed E-state index contributed by atoms with van der Waals surface area (Å²) in [6.07, 6.45) is 0. The van der Waals surface area contributed by atoms with E-state index in [9.17, 15) is 5.48 Å². The number of benzene rings is 10. The molecule has 0 aliphatic rings. The van der Waals surface area contributed by atoms with Crippen LogP contribution < -0.4 is 4.90 Å². The molecule has 0 N–H and O–H groups in total. The first-order valence-electron chi connectivity index (χ1n) is 21.9. The van der Waals surface area contributed by atoms with Crippen molar-refractivity contribution in [3.8, 4) is 27.9 Å². The maximum absolute atomic E-state index is 10.3. The molecule has 276 valence electrons. The molecule has 0 saturated heterocycles. The van der Waals surface area contributed by atoms with Gasteiger partial charge in [0.15, 0.2) is 0 Å². The van der Waals surface area contributed by atoms with E-state index in [0.29, 0.717) is 22.5 Å². The zero-order valence-corrected chi connectivity index (χ0v) is 31.8. The van der Waals surface area contributed by atoms with Crippen LogP contribution in [0.3, 0.4) is 0 Å². The molecule has 0 saturated carbocycles. The van der Waals surface area contributed by atoms with Crippen molar-refractivity contribution in [3.05, 3.63) is 218 Å². The van der Waals surface area contributed by atoms with Gasteiger partial charge >= 0.3 is 0 Å². The summed E-state index contributed by atoms with van der Waals surface area (Å²) < 4.78 is 48.1. The molecular weight excluding hydrogens is 717 g/mol. The van der Waals surface area contributed by atoms with Crippen molar-refractivity contribution in [3.63, 3.8) is 0 Å². The summed E-state index contributed by atoms with van der Waals surface area (Å²) in [6.45, 7) is 0. The predicted octanol–water partition coefficient (Wildman–Crippen LogP) is 15.8. The first kappa shape index (κ1) is 29.4. The fraction of sp³-hybridized carbons (Fsp3) is 0. The number of anilines is 3. The Bertz CT molecular complexity index is 3810. The van der Waals surface area contributed by atoms with Crippen LogP contribution in [0.15, 0.2) is 223 Å². The largest absolute Gasteiger partial charge is 0.455 e. The van der Waals surface area contributed by atoms with E-state index in [1.807, 2.05) is 102 Å². The fourth-order valence-corrected chi connectivity index (χ4v) is 9.06. The summed E-state index contributed by atoms with van der Waals surface area (Å²) in [5.74, 6) is 0. The van der Waals surface area contributed by atoms with Crippen LogP contribution >= 0.6 is 0 Å². The molecule has 0 radical (unpaired) electrons. The summed E-state index contributed by atoms with van der Waals surface area (Å²) in [6, 6.07) is 64.8. The molecule has 0 aliphatic carbocycles. The molecular formula is C56H36N2O. The highest BCUT2D eigenvalue weighted by atomic mass is 16.3. The van der Waals surface area contributed by atoms with Gasteiger partial charge < -0.3 is 13.9 Å². The van der Waals surface area contributed by atoms with E-state index in [1.165, 1.54) is 0 Å². The lowest BCUT2D eigenvalue weighted by Crippen LogP contribution is -2.10. The van der Waals surface area contributed by atoms with Crippen molar-refractivity contribution in [2.45, 2.75) is 0 Å². The molecule has 0 spiro atoms. The van der Waals surface area contributed by atoms with E-state index in [2.05, 4.69) is 102 Å². The molecule has 10 aromatic carbocycles. The second-order valence-electron chi connectivity index (χ2n) is 14.9. The number of rotatable bonds is 6. The van der Waals surface area contributed by atoms with E-state index < -0.39 is 0 Å². The molecule has 3 heteroatoms. The molecule has 0 fully saturated rings. The van der Waals surface area contributed by atoms with Gasteiger partial charge in [-0.1, -0.05) is 152 Å². The maximum Gasteiger partial charge on any atom is 0.143 e. The van der Waals surface area contributed by atoms with Crippen molar-refractivity contribution in [2.24, 2.45) is 0 Å². The molecule has 0 amide bonds. The number of furan rings is 1. The molecule has 0 aliphatic heterocycles. The van der Waals surface area contributed by atoms with Crippen molar-refractivity contribution in [1.82, 2.24) is 4.57 Å². The van der Waals surface area contributed by atoms with E-state index in [1.54, 1.807) is 0 Å². The highest BCUT2D eigenvalue weighted by Crippen LogP contribution is 2.47. The number of hydrogen-bond donors (Lipinski definition) is 0. The predicted molar refractivity (Wildman–Crippen MR) is 249 cm³/mol. The van der Waals surface area contributed by atoms with E-state index in [0.717, 1.165) is 76.5 Å². The van der Waals surface area contributed by atoms with Gasteiger partial charge in [0.2, 0.25) is 0 Å². The number of fused-ring (bicyclic) bond motifs is 9. The molecule has 2 heterocycles. The van der Waals surface area contributed by atoms with Crippen molar-refractivity contribution in [2.75, 3.05) is 4.90 Å². The highest BCUT2D eigenvalue weighted by Gasteiger charge is 2.22. The van der Waals surface area contributed by atoms with Crippen LogP contribution in [-0.2, 0) is 0 Å². The van der Waals surface area contributed by atoms with Crippen molar-refractivity contribution in [1.29, 1.82) is 0 Å². The first-order valence-corrected chi connectivity index (χ1v) is 19.9. The van der Waals surface area contributed by atoms with Gasteiger partial charge in [-0.05, 0) is 105 Å². The topological polar surface area (TPSA) is 21.3 Å². The molecule has 0 atom stereocenters. The van der Waals surface area contributed by atoms with Gasteiger partial charge in [-0.2, -0.15) is 0 Å². The van der Waals surface area contributed by atoms with E-state index in [4.69, 9.17) is 4.42 Å². The van der Waals surface area contributed by atoms with Crippen molar-refractivity contribution < 1.29 is 9.90 Å². The Kier molecular flexibility index (Phi) is 6.65. The van der Waals surface area contributed by atoms with Crippen LogP contribution in [0.2, 0.25) is 0 Å². The average Bonchev–Trinajstić information content (AvgIpc) is 3.89. The average molecular weight is 757 g/mol. The first-order chi connectivity index (χ1) is 31.0. The van der Waals surface area contributed by atoms with Crippen LogP contribution in [-0.4, -0.2) is 4.57 Å². The number of hydrogen-bond acceptors (Lipinski definition) is 2. The molecule has 59 heavy (non-hydrogen) atoms. The van der Waals surface area contributed by atoms with Crippen LogP contribution in [0, 0.1) is 0 Å². The SMILES string of the molecule is [2H]c1c([2H])c(-c2cccc3c2c2ccccc2n3-c2ccccc2)c([2H])c(N(c2cccc(-c3cccc4ccccc34)c2)c2cccc3oc4c5ccccc5ccc4c23)c1[2H]. The minimum atomic E-state index is -0.259. The summed E-state index contributed by atoms with van der Waals surface area (Å²) in [5.41, 5.74) is 8.88. The van der Waals surface area contributed by atoms with Gasteiger partial charge in [0.25, 0.3) is 0 Å². The monoisotopic (exact) mass is 756 g/mol. The maximum atomic E-state index is 10.3. The summed E-state index contributed by atoms with van der Waals surface area (Å²) in [4.78, 5) is 1.94. The molecule has 2 aromatic heterocycles. The smallest absolute Gasteiger partial charge is 0.143 e. The second kappa shape index (κ2) is 13.4. The van der Waals surface area contributed by atoms with Crippen molar-refractivity contribution >= 4 is 82.4 Å². The lowest BCUT2D eigenvalue weighted by molar-refractivity contribution is 0.672. The summed E-state index contributed by atoms with van der Waals surface area (Å²) in [7, 11) is 0. The minimum absolute atomic E-state index is 0.0177. The highest BCUT2D eigenvalue weighted by molar-refractivity contribution is 6.20. The third-order valence-corrected chi connectivity index (χ3v) is 11.6. The lowest BCUT2D eigenvalue weighted by atomic mass is 9.97. The van der Waals surface area contributed by atoms with Gasteiger partial charge in [0.05, 0.1) is 27.6 Å². The summed E-state index contributed by atoms with van der Waals surface area (Å²) in [5, 5.41) is 7.84. The van der Waals surface area contributed by atoms with Gasteiger partial charge in [0.1, 0.15) is 11.2 Å². The Balaban J connectivity index is 1.18. The Morgan fingerprint density at radius 2 is 1.15 bits per heavy atom. The fourth-order valence-electron chi connectivity index (χ4n) is 9.06. The van der Waals surface area contributed by atoms with Gasteiger partial charge in [-0.15, -0.1) is 0 Å². The van der Waals surface area contributed by atoms with Gasteiger partial charge in [-0.3, -0.25) is 0 Å². The van der Waals surface area contributed by atoms with Crippen LogP contribution in [0.25, 0.3) is 93.2 Å². The van der Waals surface area contributed by atoms with E-state index in [-0.39, 0.29) is 35.4 Å². The standard InChI is InChI=1S/C56H36N2O/c1-2-20-41(21-3-1)58-50-29-9-8-26-48(50)54-46(28-13-30-51(54)58)40-19-11-23-43(36-40)57(42-22-10-18-39(35-42)45-27-12-17-37-15-4-6-24-44(37)45)52-31-14-32-53-55(52)49-34-33-38-16-5-7-25-47(38)56(49)59-53/h1-36H/i11D,19D,23D,36D. The number of aromatic nitrogens is 1. The third-order valence-electron chi connectivity index (χ3n) is 11.6. The van der Waals surface area contributed by atoms with Crippen LogP contribution in [0.1, 0.15) is 5.48 Å². The quantitative estimate of drug-likeness (QED) is 0.168. The normalized spacial score (nSPS) is 12.7. The third kappa shape index (κ3) is 5.29. The van der Waals surface area contributed by atoms with Crippen LogP contribution in [0.4, 0.5) is 17.1 Å². The zero-order valence-electron chi connectivity index (χ0n) is 35.8. The van der Waals surface area contributed by atoms with Gasteiger partial charge in [0, 0.05) is 38.6 Å². The van der Waals surface area contributed by atoms with Gasteiger partial charge in [-0.25, -0.2) is 0 Å². The summed E-state index contributed by atoms with van der Waals surface area (Å²) >= 11 is 0. The Hall–Kier alpha value is -7.88. The minimum Gasteiger partial charge on any atom is -0.455 e. The molecule has 0 unspecified atom stereocenters. The second-order valence-corrected chi connectivity index (χ2v) is 14.9. The lowest BCUT2D eigenvalue weighted by Gasteiger charge is -2.27. The van der Waals surface area contributed by atoms with Crippen LogP contribution in [0.5, 0.6) is 0 Å². The Morgan fingerprint density at radius 3 is 2.05 bits per heavy atom. The number of nitrogens with zero attached hydrogens (tertiary/aromatic N) is 2. The molecule has 12 rings (SSSR count). The molecule has 12 aromatic rings.